The van der Waals surface area contributed by atoms with Gasteiger partial charge in [0.25, 0.3) is 0 Å². The zero-order valence-electron chi connectivity index (χ0n) is 12.3. The van der Waals surface area contributed by atoms with Crippen LogP contribution in [0.4, 0.5) is 5.69 Å². The number of cyclic esters (lactones) is 1. The minimum absolute atomic E-state index is 0.275. The maximum Gasteiger partial charge on any atom is 0.328 e. The Morgan fingerprint density at radius 2 is 1.87 bits per heavy atom. The third kappa shape index (κ3) is 3.98. The first kappa shape index (κ1) is 15.3. The summed E-state index contributed by atoms with van der Waals surface area (Å²) < 4.78 is 10.8. The van der Waals surface area contributed by atoms with E-state index in [1.807, 2.05) is 54.6 Å². The van der Waals surface area contributed by atoms with Gasteiger partial charge in [0.15, 0.2) is 10.9 Å². The van der Waals surface area contributed by atoms with Crippen LogP contribution in [0.3, 0.4) is 0 Å². The van der Waals surface area contributed by atoms with E-state index in [9.17, 15) is 4.79 Å². The van der Waals surface area contributed by atoms with Crippen molar-refractivity contribution in [2.45, 2.75) is 12.5 Å². The van der Waals surface area contributed by atoms with E-state index in [-0.39, 0.29) is 5.97 Å². The molecule has 2 aromatic carbocycles. The van der Waals surface area contributed by atoms with E-state index in [2.05, 4.69) is 10.6 Å². The molecule has 0 bridgehead atoms. The van der Waals surface area contributed by atoms with Crippen molar-refractivity contribution in [2.24, 2.45) is 0 Å². The van der Waals surface area contributed by atoms with Crippen LogP contribution in [0, 0.1) is 0 Å². The van der Waals surface area contributed by atoms with Gasteiger partial charge in [-0.2, -0.15) is 0 Å². The Morgan fingerprint density at radius 3 is 2.61 bits per heavy atom. The lowest BCUT2D eigenvalue weighted by atomic mass is 10.2. The van der Waals surface area contributed by atoms with Crippen molar-refractivity contribution in [1.29, 1.82) is 0 Å². The lowest BCUT2D eigenvalue weighted by molar-refractivity contribution is -0.139. The molecule has 1 aliphatic heterocycles. The highest BCUT2D eigenvalue weighted by Crippen LogP contribution is 2.29. The molecule has 0 unspecified atom stereocenters. The minimum atomic E-state index is -0.391. The molecule has 23 heavy (non-hydrogen) atoms. The predicted octanol–water partition coefficient (Wildman–Crippen LogP) is 3.08. The number of para-hydroxylation sites is 3. The fourth-order valence-electron chi connectivity index (χ4n) is 2.22. The van der Waals surface area contributed by atoms with Gasteiger partial charge in [0, 0.05) is 6.42 Å². The number of rotatable bonds is 4. The van der Waals surface area contributed by atoms with E-state index in [0.29, 0.717) is 23.9 Å². The lowest BCUT2D eigenvalue weighted by Gasteiger charge is -2.16. The molecule has 1 aliphatic rings. The van der Waals surface area contributed by atoms with E-state index in [4.69, 9.17) is 21.7 Å². The van der Waals surface area contributed by atoms with Gasteiger partial charge < -0.3 is 20.1 Å². The van der Waals surface area contributed by atoms with E-state index in [1.165, 1.54) is 0 Å². The van der Waals surface area contributed by atoms with Crippen LogP contribution in [0.5, 0.6) is 11.5 Å². The highest BCUT2D eigenvalue weighted by Gasteiger charge is 2.26. The fraction of sp³-hybridized carbons (Fsp3) is 0.176. The number of carbonyl (C=O) groups excluding carboxylic acids is 1. The summed E-state index contributed by atoms with van der Waals surface area (Å²) in [5.74, 6) is 1.11. The largest absolute Gasteiger partial charge is 0.464 e. The van der Waals surface area contributed by atoms with Crippen molar-refractivity contribution in [3.05, 3.63) is 54.6 Å². The van der Waals surface area contributed by atoms with Crippen molar-refractivity contribution in [3.63, 3.8) is 0 Å². The zero-order chi connectivity index (χ0) is 16.1. The quantitative estimate of drug-likeness (QED) is 0.664. The van der Waals surface area contributed by atoms with E-state index < -0.39 is 6.04 Å². The topological polar surface area (TPSA) is 59.6 Å². The van der Waals surface area contributed by atoms with Gasteiger partial charge in [0.2, 0.25) is 0 Å². The van der Waals surface area contributed by atoms with Gasteiger partial charge in [-0.15, -0.1) is 0 Å². The first-order valence-corrected chi connectivity index (χ1v) is 7.69. The highest BCUT2D eigenvalue weighted by molar-refractivity contribution is 7.80. The Labute approximate surface area is 139 Å². The number of benzene rings is 2. The van der Waals surface area contributed by atoms with Crippen molar-refractivity contribution in [1.82, 2.24) is 5.32 Å². The standard InChI is InChI=1S/C17H16N2O3S/c20-16-14(10-11-21-16)19-17(23)18-13-8-4-5-9-15(13)22-12-6-2-1-3-7-12/h1-9,14H,10-11H2,(H2,18,19,23)/t14-/m0/s1. The smallest absolute Gasteiger partial charge is 0.328 e. The first-order valence-electron chi connectivity index (χ1n) is 7.28. The second-order valence-corrected chi connectivity index (χ2v) is 5.43. The van der Waals surface area contributed by atoms with Gasteiger partial charge in [-0.1, -0.05) is 30.3 Å². The number of hydrogen-bond acceptors (Lipinski definition) is 4. The van der Waals surface area contributed by atoms with E-state index in [1.54, 1.807) is 0 Å². The summed E-state index contributed by atoms with van der Waals surface area (Å²) in [6, 6.07) is 16.6. The molecule has 0 radical (unpaired) electrons. The second-order valence-electron chi connectivity index (χ2n) is 5.02. The summed E-state index contributed by atoms with van der Waals surface area (Å²) in [4.78, 5) is 11.5. The third-order valence-electron chi connectivity index (χ3n) is 3.35. The number of thiocarbonyl (C=S) groups is 1. The van der Waals surface area contributed by atoms with E-state index in [0.717, 1.165) is 11.4 Å². The molecule has 1 atom stereocenters. The fourth-order valence-corrected chi connectivity index (χ4v) is 2.47. The monoisotopic (exact) mass is 328 g/mol. The summed E-state index contributed by atoms with van der Waals surface area (Å²) >= 11 is 5.26. The number of anilines is 1. The molecular weight excluding hydrogens is 312 g/mol. The summed E-state index contributed by atoms with van der Waals surface area (Å²) in [5, 5.41) is 6.38. The molecule has 0 spiro atoms. The summed E-state index contributed by atoms with van der Waals surface area (Å²) in [7, 11) is 0. The third-order valence-corrected chi connectivity index (χ3v) is 3.57. The van der Waals surface area contributed by atoms with Crippen molar-refractivity contribution >= 4 is 29.0 Å². The SMILES string of the molecule is O=C1OCC[C@@H]1NC(=S)Nc1ccccc1Oc1ccccc1. The molecule has 118 valence electrons. The van der Waals surface area contributed by atoms with Crippen LogP contribution in [-0.2, 0) is 9.53 Å². The van der Waals surface area contributed by atoms with Crippen molar-refractivity contribution in [2.75, 3.05) is 11.9 Å². The van der Waals surface area contributed by atoms with Crippen molar-refractivity contribution < 1.29 is 14.3 Å². The molecule has 1 saturated heterocycles. The molecule has 2 N–H and O–H groups in total. The van der Waals surface area contributed by atoms with Gasteiger partial charge in [0.1, 0.15) is 11.8 Å². The van der Waals surface area contributed by atoms with Crippen LogP contribution in [0.15, 0.2) is 54.6 Å². The molecule has 2 aromatic rings. The molecule has 0 aliphatic carbocycles. The average Bonchev–Trinajstić information content (AvgIpc) is 2.95. The number of esters is 1. The zero-order valence-corrected chi connectivity index (χ0v) is 13.1. The molecule has 1 fully saturated rings. The van der Waals surface area contributed by atoms with Gasteiger partial charge in [-0.3, -0.25) is 0 Å². The molecule has 3 rings (SSSR count). The Kier molecular flexibility index (Phi) is 4.73. The van der Waals surface area contributed by atoms with Gasteiger partial charge in [-0.25, -0.2) is 4.79 Å². The Hall–Kier alpha value is -2.60. The van der Waals surface area contributed by atoms with Crippen molar-refractivity contribution in [3.8, 4) is 11.5 Å². The maximum absolute atomic E-state index is 11.5. The maximum atomic E-state index is 11.5. The predicted molar refractivity (Wildman–Crippen MR) is 91.7 cm³/mol. The number of carbonyl (C=O) groups is 1. The molecule has 6 heteroatoms. The Morgan fingerprint density at radius 1 is 1.13 bits per heavy atom. The van der Waals surface area contributed by atoms with Crippen LogP contribution in [-0.4, -0.2) is 23.7 Å². The molecule has 0 aromatic heterocycles. The molecular formula is C17H16N2O3S. The number of ether oxygens (including phenoxy) is 2. The highest BCUT2D eigenvalue weighted by atomic mass is 32.1. The lowest BCUT2D eigenvalue weighted by Crippen LogP contribution is -2.40. The minimum Gasteiger partial charge on any atom is -0.464 e. The Balaban J connectivity index is 1.68. The van der Waals surface area contributed by atoms with Crippen LogP contribution in [0.25, 0.3) is 0 Å². The summed E-state index contributed by atoms with van der Waals surface area (Å²) in [6.07, 6.45) is 0.614. The Bertz CT molecular complexity index is 706. The van der Waals surface area contributed by atoms with Gasteiger partial charge in [0.05, 0.1) is 12.3 Å². The first-order chi connectivity index (χ1) is 11.2. The molecule has 0 amide bonds. The second kappa shape index (κ2) is 7.11. The summed E-state index contributed by atoms with van der Waals surface area (Å²) in [5.41, 5.74) is 0.722. The molecule has 1 heterocycles. The molecule has 0 saturated carbocycles. The van der Waals surface area contributed by atoms with Crippen LogP contribution in [0.2, 0.25) is 0 Å². The normalized spacial score (nSPS) is 16.5. The van der Waals surface area contributed by atoms with Crippen LogP contribution in [0.1, 0.15) is 6.42 Å². The van der Waals surface area contributed by atoms with Gasteiger partial charge in [-0.05, 0) is 36.5 Å². The number of nitrogens with one attached hydrogen (secondary N) is 2. The van der Waals surface area contributed by atoms with E-state index >= 15 is 0 Å². The number of hydrogen-bond donors (Lipinski definition) is 2. The van der Waals surface area contributed by atoms with Crippen LogP contribution < -0.4 is 15.4 Å². The van der Waals surface area contributed by atoms with Gasteiger partial charge >= 0.3 is 5.97 Å². The average molecular weight is 328 g/mol. The summed E-state index contributed by atoms with van der Waals surface area (Å²) in [6.45, 7) is 0.423. The van der Waals surface area contributed by atoms with Crippen LogP contribution >= 0.6 is 12.2 Å². The molecule has 5 nitrogen and oxygen atoms in total.